The molecule has 136 valence electrons. The Balaban J connectivity index is 0.00000182. The van der Waals surface area contributed by atoms with E-state index in [-0.39, 0.29) is 30.3 Å². The molecule has 1 aromatic rings. The highest BCUT2D eigenvalue weighted by Gasteiger charge is 2.31. The van der Waals surface area contributed by atoms with Crippen LogP contribution < -0.4 is 5.32 Å². The highest BCUT2D eigenvalue weighted by atomic mass is 35.5. The smallest absolute Gasteiger partial charge is 0.253 e. The maximum Gasteiger partial charge on any atom is 0.253 e. The Morgan fingerprint density at radius 3 is 2.48 bits per heavy atom. The maximum atomic E-state index is 12.7. The van der Waals surface area contributed by atoms with E-state index in [2.05, 4.69) is 5.32 Å². The Bertz CT molecular complexity index is 653. The number of ether oxygens (including phenoxy) is 1. The number of nitrogens with zero attached hydrogens (tertiary/aromatic N) is 2. The summed E-state index contributed by atoms with van der Waals surface area (Å²) in [6.07, 6.45) is 1.51. The summed E-state index contributed by atoms with van der Waals surface area (Å²) >= 11 is 0. The van der Waals surface area contributed by atoms with Gasteiger partial charge < -0.3 is 19.9 Å². The van der Waals surface area contributed by atoms with Crippen LogP contribution in [0.1, 0.15) is 34.3 Å². The van der Waals surface area contributed by atoms with Gasteiger partial charge in [0.1, 0.15) is 6.10 Å². The molecule has 3 heterocycles. The van der Waals surface area contributed by atoms with Crippen LogP contribution in [-0.4, -0.2) is 60.5 Å². The largest absolute Gasteiger partial charge is 0.368 e. The summed E-state index contributed by atoms with van der Waals surface area (Å²) in [5, 5.41) is 3.30. The van der Waals surface area contributed by atoms with E-state index in [0.29, 0.717) is 32.8 Å². The number of piperazine rings is 1. The second-order valence-electron chi connectivity index (χ2n) is 6.71. The van der Waals surface area contributed by atoms with Crippen LogP contribution in [0.3, 0.4) is 0 Å². The Morgan fingerprint density at radius 1 is 1.04 bits per heavy atom. The minimum atomic E-state index is -0.267. The number of carbonyl (C=O) groups excluding carboxylic acids is 2. The fraction of sp³-hybridized carbons (Fsp3) is 0.556. The minimum absolute atomic E-state index is 0. The molecule has 3 aliphatic heterocycles. The van der Waals surface area contributed by atoms with Crippen molar-refractivity contribution in [1.82, 2.24) is 15.1 Å². The van der Waals surface area contributed by atoms with Gasteiger partial charge in [0.25, 0.3) is 11.8 Å². The summed E-state index contributed by atoms with van der Waals surface area (Å²) in [4.78, 5) is 28.8. The second kappa shape index (κ2) is 7.72. The van der Waals surface area contributed by atoms with Crippen LogP contribution in [0, 0.1) is 0 Å². The average molecular weight is 366 g/mol. The molecule has 25 heavy (non-hydrogen) atoms. The topological polar surface area (TPSA) is 61.9 Å². The van der Waals surface area contributed by atoms with Crippen molar-refractivity contribution >= 4 is 24.2 Å². The zero-order chi connectivity index (χ0) is 16.5. The second-order valence-corrected chi connectivity index (χ2v) is 6.71. The molecule has 2 amide bonds. The van der Waals surface area contributed by atoms with Crippen molar-refractivity contribution in [3.63, 3.8) is 0 Å². The number of halogens is 1. The minimum Gasteiger partial charge on any atom is -0.368 e. The molecule has 2 fully saturated rings. The van der Waals surface area contributed by atoms with Gasteiger partial charge in [0, 0.05) is 51.4 Å². The van der Waals surface area contributed by atoms with E-state index in [1.165, 1.54) is 11.1 Å². The number of amides is 2. The highest BCUT2D eigenvalue weighted by Crippen LogP contribution is 2.20. The summed E-state index contributed by atoms with van der Waals surface area (Å²) < 4.78 is 5.48. The number of fused-ring (bicyclic) bond motifs is 1. The molecule has 0 bridgehead atoms. The quantitative estimate of drug-likeness (QED) is 0.854. The Morgan fingerprint density at radius 2 is 1.76 bits per heavy atom. The third kappa shape index (κ3) is 3.66. The van der Waals surface area contributed by atoms with Crippen molar-refractivity contribution in [3.8, 4) is 0 Å². The number of benzene rings is 1. The Hall–Kier alpha value is -1.63. The van der Waals surface area contributed by atoms with Gasteiger partial charge in [0.2, 0.25) is 0 Å². The summed E-state index contributed by atoms with van der Waals surface area (Å²) in [5.41, 5.74) is 3.24. The van der Waals surface area contributed by atoms with Crippen molar-refractivity contribution in [1.29, 1.82) is 0 Å². The predicted molar refractivity (Wildman–Crippen MR) is 95.7 cm³/mol. The highest BCUT2D eigenvalue weighted by molar-refractivity contribution is 5.94. The Kier molecular flexibility index (Phi) is 5.61. The van der Waals surface area contributed by atoms with E-state index in [0.717, 1.165) is 31.5 Å². The molecule has 0 aromatic heterocycles. The SMILES string of the molecule is Cl.O=C(c1ccc2c(c1)CNC2)N1CCN(C(=O)C2CCCO2)CC1. The molecule has 1 unspecified atom stereocenters. The molecule has 0 saturated carbocycles. The van der Waals surface area contributed by atoms with Crippen LogP contribution in [0.25, 0.3) is 0 Å². The summed E-state index contributed by atoms with van der Waals surface area (Å²) in [5.74, 6) is 0.150. The van der Waals surface area contributed by atoms with Crippen molar-refractivity contribution in [3.05, 3.63) is 34.9 Å². The van der Waals surface area contributed by atoms with E-state index in [1.54, 1.807) is 0 Å². The van der Waals surface area contributed by atoms with Crippen LogP contribution >= 0.6 is 12.4 Å². The van der Waals surface area contributed by atoms with E-state index < -0.39 is 0 Å². The van der Waals surface area contributed by atoms with Crippen LogP contribution in [0.2, 0.25) is 0 Å². The van der Waals surface area contributed by atoms with Gasteiger partial charge in [-0.1, -0.05) is 6.07 Å². The molecule has 1 aromatic carbocycles. The summed E-state index contributed by atoms with van der Waals surface area (Å²) in [7, 11) is 0. The van der Waals surface area contributed by atoms with Crippen LogP contribution in [0.4, 0.5) is 0 Å². The molecule has 0 aliphatic carbocycles. The zero-order valence-electron chi connectivity index (χ0n) is 14.2. The lowest BCUT2D eigenvalue weighted by atomic mass is 10.1. The molecule has 3 aliphatic rings. The summed E-state index contributed by atoms with van der Waals surface area (Å²) in [6, 6.07) is 5.96. The first-order chi connectivity index (χ1) is 11.7. The van der Waals surface area contributed by atoms with E-state index in [9.17, 15) is 9.59 Å². The lowest BCUT2D eigenvalue weighted by Crippen LogP contribution is -2.52. The third-order valence-corrected chi connectivity index (χ3v) is 5.17. The van der Waals surface area contributed by atoms with Gasteiger partial charge >= 0.3 is 0 Å². The average Bonchev–Trinajstić information content (AvgIpc) is 3.31. The lowest BCUT2D eigenvalue weighted by Gasteiger charge is -2.35. The number of nitrogens with one attached hydrogen (secondary N) is 1. The van der Waals surface area contributed by atoms with Gasteiger partial charge in [-0.3, -0.25) is 9.59 Å². The fourth-order valence-corrected chi connectivity index (χ4v) is 3.72. The van der Waals surface area contributed by atoms with Crippen molar-refractivity contribution in [2.24, 2.45) is 0 Å². The van der Waals surface area contributed by atoms with E-state index >= 15 is 0 Å². The summed E-state index contributed by atoms with van der Waals surface area (Å²) in [6.45, 7) is 4.77. The number of hydrogen-bond acceptors (Lipinski definition) is 4. The van der Waals surface area contributed by atoms with Gasteiger partial charge in [-0.15, -0.1) is 12.4 Å². The van der Waals surface area contributed by atoms with Gasteiger partial charge in [0.15, 0.2) is 0 Å². The van der Waals surface area contributed by atoms with Crippen molar-refractivity contribution in [2.75, 3.05) is 32.8 Å². The van der Waals surface area contributed by atoms with Gasteiger partial charge in [-0.2, -0.15) is 0 Å². The van der Waals surface area contributed by atoms with Gasteiger partial charge in [0.05, 0.1) is 0 Å². The maximum absolute atomic E-state index is 12.7. The first kappa shape index (κ1) is 18.2. The van der Waals surface area contributed by atoms with Crippen molar-refractivity contribution in [2.45, 2.75) is 32.0 Å². The zero-order valence-corrected chi connectivity index (χ0v) is 15.0. The normalized spacial score (nSPS) is 22.5. The van der Waals surface area contributed by atoms with E-state index in [1.807, 2.05) is 28.0 Å². The molecule has 7 heteroatoms. The third-order valence-electron chi connectivity index (χ3n) is 5.17. The number of carbonyl (C=O) groups is 2. The Labute approximate surface area is 153 Å². The predicted octanol–water partition coefficient (Wildman–Crippen LogP) is 1.17. The molecule has 4 rings (SSSR count). The molecule has 6 nitrogen and oxygen atoms in total. The number of rotatable bonds is 2. The monoisotopic (exact) mass is 365 g/mol. The van der Waals surface area contributed by atoms with E-state index in [4.69, 9.17) is 4.74 Å². The molecule has 1 atom stereocenters. The molecular formula is C18H24ClN3O3. The van der Waals surface area contributed by atoms with Gasteiger partial charge in [-0.05, 0) is 36.1 Å². The van der Waals surface area contributed by atoms with Gasteiger partial charge in [-0.25, -0.2) is 0 Å². The fourth-order valence-electron chi connectivity index (χ4n) is 3.72. The first-order valence-corrected chi connectivity index (χ1v) is 8.74. The number of hydrogen-bond donors (Lipinski definition) is 1. The van der Waals surface area contributed by atoms with Crippen molar-refractivity contribution < 1.29 is 14.3 Å². The van der Waals surface area contributed by atoms with Crippen LogP contribution in [0.5, 0.6) is 0 Å². The standard InChI is InChI=1S/C18H23N3O3.ClH/c22-17(13-3-4-14-11-19-12-15(14)10-13)20-5-7-21(8-6-20)18(23)16-2-1-9-24-16;/h3-4,10,16,19H,1-2,5-9,11-12H2;1H. The molecule has 0 spiro atoms. The first-order valence-electron chi connectivity index (χ1n) is 8.74. The van der Waals surface area contributed by atoms with Crippen LogP contribution in [-0.2, 0) is 22.6 Å². The van der Waals surface area contributed by atoms with Crippen LogP contribution in [0.15, 0.2) is 18.2 Å². The molecule has 2 saturated heterocycles. The molecule has 1 N–H and O–H groups in total. The lowest BCUT2D eigenvalue weighted by molar-refractivity contribution is -0.142. The molecular weight excluding hydrogens is 342 g/mol. The molecule has 0 radical (unpaired) electrons.